The molecule has 4 aromatic carbocycles. The van der Waals surface area contributed by atoms with E-state index in [4.69, 9.17) is 4.42 Å². The fourth-order valence-electron chi connectivity index (χ4n) is 12.0. The van der Waals surface area contributed by atoms with E-state index in [0.29, 0.717) is 0 Å². The highest BCUT2D eigenvalue weighted by molar-refractivity contribution is 7.00. The molecule has 350 valence electrons. The third-order valence-corrected chi connectivity index (χ3v) is 16.5. The Morgan fingerprint density at radius 1 is 0.761 bits per heavy atom. The largest absolute Gasteiger partial charge is 0.468 e. The number of nitrogens with zero attached hydrogens (tertiary/aromatic N) is 2. The first-order valence-corrected chi connectivity index (χ1v) is 25.7. The number of allylic oxidation sites excluding steroid dienone is 7. The molecule has 67 heavy (non-hydrogen) atoms. The van der Waals surface area contributed by atoms with Crippen molar-refractivity contribution in [1.29, 1.82) is 0 Å². The van der Waals surface area contributed by atoms with Gasteiger partial charge in [-0.2, -0.15) is 0 Å². The minimum atomic E-state index is -0.114. The van der Waals surface area contributed by atoms with E-state index in [1.165, 1.54) is 106 Å². The molecule has 1 aromatic heterocycles. The van der Waals surface area contributed by atoms with Crippen LogP contribution >= 0.6 is 0 Å². The van der Waals surface area contributed by atoms with Crippen molar-refractivity contribution < 1.29 is 4.42 Å². The summed E-state index contributed by atoms with van der Waals surface area (Å²) in [6.45, 7) is 42.7. The van der Waals surface area contributed by atoms with Crippen molar-refractivity contribution in [2.75, 3.05) is 9.80 Å². The van der Waals surface area contributed by atoms with E-state index in [0.717, 1.165) is 49.8 Å². The van der Waals surface area contributed by atoms with Crippen LogP contribution in [0.2, 0.25) is 0 Å². The molecule has 2 aliphatic carbocycles. The molecule has 9 rings (SSSR count). The summed E-state index contributed by atoms with van der Waals surface area (Å²) in [5.74, 6) is 0. The lowest BCUT2D eigenvalue weighted by atomic mass is 9.35. The van der Waals surface area contributed by atoms with E-state index in [1.807, 2.05) is 0 Å². The maximum Gasteiger partial charge on any atom is 0.297 e. The van der Waals surface area contributed by atoms with Crippen LogP contribution in [0.15, 0.2) is 106 Å². The Kier molecular flexibility index (Phi) is 11.3. The van der Waals surface area contributed by atoms with Gasteiger partial charge in [-0.15, -0.1) is 0 Å². The summed E-state index contributed by atoms with van der Waals surface area (Å²) in [4.78, 5) is 5.28. The second-order valence-electron chi connectivity index (χ2n) is 25.1. The molecule has 0 fully saturated rings. The van der Waals surface area contributed by atoms with Gasteiger partial charge in [0.05, 0.1) is 11.3 Å². The maximum atomic E-state index is 7.68. The number of benzene rings is 4. The van der Waals surface area contributed by atoms with Crippen molar-refractivity contribution in [1.82, 2.24) is 0 Å². The highest BCUT2D eigenvalue weighted by atomic mass is 16.3. The van der Waals surface area contributed by atoms with Crippen LogP contribution in [0.1, 0.15) is 189 Å². The van der Waals surface area contributed by atoms with Crippen molar-refractivity contribution in [2.24, 2.45) is 0 Å². The second kappa shape index (κ2) is 16.1. The Morgan fingerprint density at radius 2 is 1.42 bits per heavy atom. The molecule has 0 bridgehead atoms. The lowest BCUT2D eigenvalue weighted by Gasteiger charge is -2.44. The number of aryl methyl sites for hydroxylation is 2. The Bertz CT molecular complexity index is 2970. The van der Waals surface area contributed by atoms with E-state index >= 15 is 0 Å². The molecule has 0 radical (unpaired) electrons. The quantitative estimate of drug-likeness (QED) is 0.118. The van der Waals surface area contributed by atoms with E-state index in [2.05, 4.69) is 213 Å². The van der Waals surface area contributed by atoms with Crippen LogP contribution in [0, 0.1) is 6.92 Å². The minimum Gasteiger partial charge on any atom is -0.468 e. The molecule has 3 heterocycles. The van der Waals surface area contributed by atoms with Gasteiger partial charge in [-0.3, -0.25) is 0 Å². The van der Waals surface area contributed by atoms with Crippen LogP contribution in [-0.4, -0.2) is 6.71 Å². The number of anilines is 5. The zero-order valence-corrected chi connectivity index (χ0v) is 44.6. The standard InChI is InChI=1S/C63H79BN2O/c1-19-41-33-52-50(36-46(41)61(13,14)20-2)64-56-53(65(52)43-26-27-45(59(7,8)9)47(34-43)60(10,11)12)30-39(5)31-54(56)66(51(38(3)4)32-40(6)42-24-22-21-23-25-42)57-44-35-48-49(37-55(44)67-58(57)64)63(17,18)29-28-62(48,15)16/h21-22,24,26-27,30-37H,19-20,23,25,28-29H2,1-18H3/b40-32+. The van der Waals surface area contributed by atoms with Gasteiger partial charge < -0.3 is 14.2 Å². The Labute approximate surface area is 405 Å². The monoisotopic (exact) mass is 891 g/mol. The van der Waals surface area contributed by atoms with Crippen LogP contribution in [0.3, 0.4) is 0 Å². The Morgan fingerprint density at radius 3 is 2.01 bits per heavy atom. The van der Waals surface area contributed by atoms with Gasteiger partial charge in [-0.05, 0) is 203 Å². The van der Waals surface area contributed by atoms with Crippen molar-refractivity contribution in [3.8, 4) is 0 Å². The van der Waals surface area contributed by atoms with Gasteiger partial charge in [0.25, 0.3) is 6.71 Å². The van der Waals surface area contributed by atoms with Gasteiger partial charge in [0.2, 0.25) is 0 Å². The summed E-state index contributed by atoms with van der Waals surface area (Å²) in [6.07, 6.45) is 15.8. The zero-order chi connectivity index (χ0) is 48.5. The van der Waals surface area contributed by atoms with Gasteiger partial charge in [0.15, 0.2) is 0 Å². The first-order chi connectivity index (χ1) is 31.3. The summed E-state index contributed by atoms with van der Waals surface area (Å²) in [6, 6.07) is 22.5. The molecular formula is C63H79BN2O. The second-order valence-corrected chi connectivity index (χ2v) is 25.1. The van der Waals surface area contributed by atoms with Crippen LogP contribution in [0.4, 0.5) is 28.4 Å². The lowest BCUT2D eigenvalue weighted by Crippen LogP contribution is -2.61. The first kappa shape index (κ1) is 47.1. The number of fused-ring (bicyclic) bond motifs is 7. The van der Waals surface area contributed by atoms with Crippen molar-refractivity contribution in [3.05, 3.63) is 140 Å². The molecule has 4 heteroatoms. The minimum absolute atomic E-state index is 0.00274. The molecule has 5 aromatic rings. The zero-order valence-electron chi connectivity index (χ0n) is 44.6. The SMILES string of the molecule is CCc1cc2c(cc1C(C)(C)CC)B1c3oc4cc5c(cc4c3N(C(/C=C(\C)C3=CC=CCC3)=C(C)C)c3cc(C)cc(c31)N2c1ccc(C(C)(C)C)c(C(C)(C)C)c1)C(C)(C)CCC5(C)C. The highest BCUT2D eigenvalue weighted by Gasteiger charge is 2.49. The summed E-state index contributed by atoms with van der Waals surface area (Å²) >= 11 is 0. The predicted molar refractivity (Wildman–Crippen MR) is 293 cm³/mol. The Hall–Kier alpha value is -4.96. The lowest BCUT2D eigenvalue weighted by molar-refractivity contribution is 0.332. The molecule has 0 unspecified atom stereocenters. The summed E-state index contributed by atoms with van der Waals surface area (Å²) in [7, 11) is 0. The Balaban J connectivity index is 1.45. The van der Waals surface area contributed by atoms with Crippen molar-refractivity contribution in [2.45, 2.75) is 190 Å². The van der Waals surface area contributed by atoms with Gasteiger partial charge in [-0.1, -0.05) is 133 Å². The molecule has 0 N–H and O–H groups in total. The van der Waals surface area contributed by atoms with Crippen LogP contribution < -0.4 is 26.4 Å². The fourth-order valence-corrected chi connectivity index (χ4v) is 12.0. The van der Waals surface area contributed by atoms with Crippen molar-refractivity contribution in [3.63, 3.8) is 0 Å². The highest BCUT2D eigenvalue weighted by Crippen LogP contribution is 2.52. The maximum absolute atomic E-state index is 7.68. The van der Waals surface area contributed by atoms with Gasteiger partial charge >= 0.3 is 0 Å². The molecule has 0 amide bonds. The number of hydrogen-bond donors (Lipinski definition) is 0. The van der Waals surface area contributed by atoms with Crippen LogP contribution in [-0.2, 0) is 33.5 Å². The molecule has 0 atom stereocenters. The van der Waals surface area contributed by atoms with E-state index in [-0.39, 0.29) is 33.8 Å². The fraction of sp³-hybridized carbons (Fsp3) is 0.460. The van der Waals surface area contributed by atoms with Gasteiger partial charge in [-0.25, -0.2) is 0 Å². The van der Waals surface area contributed by atoms with E-state index < -0.39 is 0 Å². The molecular weight excluding hydrogens is 812 g/mol. The average Bonchev–Trinajstić information content (AvgIpc) is 3.64. The predicted octanol–water partition coefficient (Wildman–Crippen LogP) is 16.2. The number of hydrogen-bond acceptors (Lipinski definition) is 3. The van der Waals surface area contributed by atoms with Gasteiger partial charge in [0.1, 0.15) is 5.58 Å². The molecule has 3 nitrogen and oxygen atoms in total. The van der Waals surface area contributed by atoms with Crippen LogP contribution in [0.25, 0.3) is 11.0 Å². The third-order valence-electron chi connectivity index (χ3n) is 16.5. The van der Waals surface area contributed by atoms with Crippen molar-refractivity contribution >= 4 is 62.7 Å². The molecule has 2 aliphatic heterocycles. The third kappa shape index (κ3) is 7.72. The summed E-state index contributed by atoms with van der Waals surface area (Å²) in [5, 5.41) is 1.22. The summed E-state index contributed by atoms with van der Waals surface area (Å²) in [5.41, 5.74) is 26.0. The molecule has 0 saturated carbocycles. The van der Waals surface area contributed by atoms with Crippen LogP contribution in [0.5, 0.6) is 0 Å². The van der Waals surface area contributed by atoms with E-state index in [9.17, 15) is 0 Å². The van der Waals surface area contributed by atoms with Gasteiger partial charge in [0, 0.05) is 33.8 Å². The van der Waals surface area contributed by atoms with E-state index in [1.54, 1.807) is 0 Å². The normalized spacial score (nSPS) is 17.6. The molecule has 4 aliphatic rings. The first-order valence-electron chi connectivity index (χ1n) is 25.7. The average molecular weight is 891 g/mol. The topological polar surface area (TPSA) is 19.6 Å². The summed E-state index contributed by atoms with van der Waals surface area (Å²) < 4.78 is 7.68. The smallest absolute Gasteiger partial charge is 0.297 e. The number of furan rings is 1. The number of rotatable bonds is 7. The molecule has 0 saturated heterocycles. The molecule has 0 spiro atoms.